The Balaban J connectivity index is 1.29. The molecular formula is C21H18ClN5O2S. The molecule has 9 heteroatoms. The maximum absolute atomic E-state index is 12.2. The van der Waals surface area contributed by atoms with Gasteiger partial charge in [-0.25, -0.2) is 4.98 Å². The number of anilines is 1. The quantitative estimate of drug-likeness (QED) is 0.421. The average molecular weight is 440 g/mol. The molecule has 2 aromatic heterocycles. The summed E-state index contributed by atoms with van der Waals surface area (Å²) in [6.45, 7) is 2.71. The molecule has 30 heavy (non-hydrogen) atoms. The number of halogens is 1. The van der Waals surface area contributed by atoms with Gasteiger partial charge in [-0.05, 0) is 48.9 Å². The summed E-state index contributed by atoms with van der Waals surface area (Å²) in [5.74, 6) is 1.37. The molecule has 0 aliphatic rings. The number of rotatable bonds is 7. The maximum atomic E-state index is 12.2. The van der Waals surface area contributed by atoms with Gasteiger partial charge in [0.25, 0.3) is 5.22 Å². The van der Waals surface area contributed by atoms with Crippen LogP contribution in [-0.2, 0) is 11.3 Å². The fraction of sp³-hybridized carbons (Fsp3) is 0.143. The minimum absolute atomic E-state index is 0.149. The van der Waals surface area contributed by atoms with Crippen molar-refractivity contribution in [2.24, 2.45) is 0 Å². The number of carbonyl (C=O) groups excluding carboxylic acids is 1. The van der Waals surface area contributed by atoms with E-state index in [1.807, 2.05) is 37.4 Å². The molecule has 2 heterocycles. The van der Waals surface area contributed by atoms with Crippen LogP contribution in [0.15, 0.2) is 70.6 Å². The molecule has 0 radical (unpaired) electrons. The van der Waals surface area contributed by atoms with Crippen LogP contribution in [0.3, 0.4) is 0 Å². The van der Waals surface area contributed by atoms with E-state index in [-0.39, 0.29) is 11.7 Å². The van der Waals surface area contributed by atoms with E-state index in [4.69, 9.17) is 16.0 Å². The first kappa shape index (κ1) is 20.2. The zero-order valence-electron chi connectivity index (χ0n) is 16.1. The van der Waals surface area contributed by atoms with Crippen LogP contribution in [0.1, 0.15) is 11.4 Å². The Hall–Kier alpha value is -3.10. The van der Waals surface area contributed by atoms with Crippen molar-refractivity contribution in [2.75, 3.05) is 11.1 Å². The number of hydrogen-bond donors (Lipinski definition) is 1. The molecule has 0 spiro atoms. The van der Waals surface area contributed by atoms with E-state index in [9.17, 15) is 4.79 Å². The monoisotopic (exact) mass is 439 g/mol. The Morgan fingerprint density at radius 3 is 2.60 bits per heavy atom. The van der Waals surface area contributed by atoms with Crippen molar-refractivity contribution in [3.8, 4) is 11.5 Å². The summed E-state index contributed by atoms with van der Waals surface area (Å²) >= 11 is 7.07. The molecule has 0 unspecified atom stereocenters. The average Bonchev–Trinajstić information content (AvgIpc) is 3.38. The summed E-state index contributed by atoms with van der Waals surface area (Å²) in [5, 5.41) is 11.8. The molecule has 0 saturated carbocycles. The third-order valence-electron chi connectivity index (χ3n) is 4.34. The van der Waals surface area contributed by atoms with Crippen LogP contribution in [0.25, 0.3) is 11.5 Å². The second kappa shape index (κ2) is 9.15. The lowest BCUT2D eigenvalue weighted by Gasteiger charge is -2.07. The molecule has 1 N–H and O–H groups in total. The van der Waals surface area contributed by atoms with Crippen LogP contribution in [0.4, 0.5) is 5.69 Å². The Kier molecular flexibility index (Phi) is 6.15. The zero-order valence-corrected chi connectivity index (χ0v) is 17.7. The Labute approximate surface area is 182 Å². The van der Waals surface area contributed by atoms with Gasteiger partial charge in [0, 0.05) is 35.2 Å². The maximum Gasteiger partial charge on any atom is 0.277 e. The van der Waals surface area contributed by atoms with Gasteiger partial charge in [0.2, 0.25) is 11.8 Å². The van der Waals surface area contributed by atoms with Crippen LogP contribution in [0.5, 0.6) is 0 Å². The minimum Gasteiger partial charge on any atom is -0.411 e. The van der Waals surface area contributed by atoms with Crippen LogP contribution < -0.4 is 5.32 Å². The molecule has 4 rings (SSSR count). The highest BCUT2D eigenvalue weighted by Crippen LogP contribution is 2.24. The van der Waals surface area contributed by atoms with E-state index >= 15 is 0 Å². The predicted octanol–water partition coefficient (Wildman–Crippen LogP) is 4.67. The first-order valence-corrected chi connectivity index (χ1v) is 10.5. The number of benzene rings is 2. The lowest BCUT2D eigenvalue weighted by molar-refractivity contribution is -0.113. The van der Waals surface area contributed by atoms with Crippen LogP contribution in [-0.4, -0.2) is 31.4 Å². The number of carbonyl (C=O) groups is 1. The van der Waals surface area contributed by atoms with Gasteiger partial charge in [0.05, 0.1) is 5.75 Å². The molecule has 1 amide bonds. The zero-order chi connectivity index (χ0) is 20.9. The van der Waals surface area contributed by atoms with E-state index in [2.05, 4.69) is 25.1 Å². The van der Waals surface area contributed by atoms with E-state index in [0.717, 1.165) is 29.2 Å². The number of amides is 1. The number of nitrogens with one attached hydrogen (secondary N) is 1. The highest BCUT2D eigenvalue weighted by atomic mass is 35.5. The molecule has 7 nitrogen and oxygen atoms in total. The Morgan fingerprint density at radius 1 is 1.13 bits per heavy atom. The van der Waals surface area contributed by atoms with E-state index < -0.39 is 0 Å². The van der Waals surface area contributed by atoms with Gasteiger partial charge < -0.3 is 14.3 Å². The molecular weight excluding hydrogens is 422 g/mol. The molecule has 4 aromatic rings. The smallest absolute Gasteiger partial charge is 0.277 e. The first-order chi connectivity index (χ1) is 14.6. The standard InChI is InChI=1S/C21H18ClN5O2S/c1-14-23-10-11-27(14)12-15-2-8-18(9-3-15)24-19(28)13-30-21-26-25-20(29-21)16-4-6-17(22)7-5-16/h2-11H,12-13H2,1H3,(H,24,28). The third-order valence-corrected chi connectivity index (χ3v) is 5.41. The predicted molar refractivity (Wildman–Crippen MR) is 117 cm³/mol. The highest BCUT2D eigenvalue weighted by Gasteiger charge is 2.11. The summed E-state index contributed by atoms with van der Waals surface area (Å²) in [5.41, 5.74) is 2.64. The number of aromatic nitrogens is 4. The van der Waals surface area contributed by atoms with Crippen molar-refractivity contribution in [2.45, 2.75) is 18.7 Å². The number of imidazole rings is 1. The van der Waals surface area contributed by atoms with Crippen molar-refractivity contribution in [3.05, 3.63) is 77.3 Å². The Bertz CT molecular complexity index is 1140. The second-order valence-electron chi connectivity index (χ2n) is 6.52. The summed E-state index contributed by atoms with van der Waals surface area (Å²) in [6, 6.07) is 14.8. The van der Waals surface area contributed by atoms with Crippen LogP contribution in [0, 0.1) is 6.92 Å². The number of thioether (sulfide) groups is 1. The van der Waals surface area contributed by atoms with E-state index in [0.29, 0.717) is 16.1 Å². The minimum atomic E-state index is -0.149. The lowest BCUT2D eigenvalue weighted by Crippen LogP contribution is -2.14. The van der Waals surface area contributed by atoms with E-state index in [1.54, 1.807) is 30.5 Å². The van der Waals surface area contributed by atoms with Crippen LogP contribution in [0.2, 0.25) is 5.02 Å². The van der Waals surface area contributed by atoms with Gasteiger partial charge in [0.15, 0.2) is 0 Å². The van der Waals surface area contributed by atoms with Crippen molar-refractivity contribution in [1.82, 2.24) is 19.7 Å². The first-order valence-electron chi connectivity index (χ1n) is 9.15. The number of hydrogen-bond acceptors (Lipinski definition) is 6. The molecule has 152 valence electrons. The van der Waals surface area contributed by atoms with E-state index in [1.165, 1.54) is 11.8 Å². The van der Waals surface area contributed by atoms with Gasteiger partial charge >= 0.3 is 0 Å². The van der Waals surface area contributed by atoms with Gasteiger partial charge in [-0.2, -0.15) is 0 Å². The summed E-state index contributed by atoms with van der Waals surface area (Å²) in [6.07, 6.45) is 3.72. The second-order valence-corrected chi connectivity index (χ2v) is 7.88. The topological polar surface area (TPSA) is 85.8 Å². The van der Waals surface area contributed by atoms with Crippen molar-refractivity contribution in [3.63, 3.8) is 0 Å². The van der Waals surface area contributed by atoms with Crippen molar-refractivity contribution < 1.29 is 9.21 Å². The summed E-state index contributed by atoms with van der Waals surface area (Å²) < 4.78 is 7.66. The number of aryl methyl sites for hydroxylation is 1. The lowest BCUT2D eigenvalue weighted by atomic mass is 10.2. The fourth-order valence-corrected chi connectivity index (χ4v) is 3.45. The summed E-state index contributed by atoms with van der Waals surface area (Å²) in [7, 11) is 0. The third kappa shape index (κ3) is 5.08. The molecule has 0 aliphatic carbocycles. The molecule has 0 fully saturated rings. The molecule has 0 aliphatic heterocycles. The van der Waals surface area contributed by atoms with Gasteiger partial charge in [0.1, 0.15) is 5.82 Å². The number of nitrogens with zero attached hydrogens (tertiary/aromatic N) is 4. The van der Waals surface area contributed by atoms with Crippen LogP contribution >= 0.6 is 23.4 Å². The van der Waals surface area contributed by atoms with Crippen molar-refractivity contribution in [1.29, 1.82) is 0 Å². The molecule has 0 atom stereocenters. The highest BCUT2D eigenvalue weighted by molar-refractivity contribution is 7.99. The largest absolute Gasteiger partial charge is 0.411 e. The Morgan fingerprint density at radius 2 is 1.90 bits per heavy atom. The van der Waals surface area contributed by atoms with Crippen molar-refractivity contribution >= 4 is 35.0 Å². The van der Waals surface area contributed by atoms with Gasteiger partial charge in [-0.15, -0.1) is 10.2 Å². The molecule has 0 saturated heterocycles. The van der Waals surface area contributed by atoms with Gasteiger partial charge in [-0.1, -0.05) is 35.5 Å². The SMILES string of the molecule is Cc1nccn1Cc1ccc(NC(=O)CSc2nnc(-c3ccc(Cl)cc3)o2)cc1. The normalized spacial score (nSPS) is 10.9. The fourth-order valence-electron chi connectivity index (χ4n) is 2.76. The van der Waals surface area contributed by atoms with Gasteiger partial charge in [-0.3, -0.25) is 4.79 Å². The molecule has 2 aromatic carbocycles. The summed E-state index contributed by atoms with van der Waals surface area (Å²) in [4.78, 5) is 16.5. The molecule has 0 bridgehead atoms.